The van der Waals surface area contributed by atoms with Crippen LogP contribution in [0.25, 0.3) is 0 Å². The van der Waals surface area contributed by atoms with Crippen LogP contribution in [0.2, 0.25) is 0 Å². The van der Waals surface area contributed by atoms with Crippen molar-refractivity contribution in [2.24, 2.45) is 4.99 Å². The minimum atomic E-state index is -3.66. The topological polar surface area (TPSA) is 71.0 Å². The van der Waals surface area contributed by atoms with Gasteiger partial charge in [0.25, 0.3) is 10.0 Å². The Bertz CT molecular complexity index is 655. The molecule has 7 heteroatoms. The van der Waals surface area contributed by atoms with E-state index >= 15 is 0 Å². The monoisotopic (exact) mass is 339 g/mol. The first-order chi connectivity index (χ1) is 10.7. The molecule has 1 fully saturated rings. The van der Waals surface area contributed by atoms with Gasteiger partial charge in [-0.15, -0.1) is 0 Å². The SMILES string of the molecule is Cc1ccc(S(=O)(=O)NC(=NC(C)(C)C)N2CCOCC2)cc1. The van der Waals surface area contributed by atoms with Crippen LogP contribution >= 0.6 is 0 Å². The summed E-state index contributed by atoms with van der Waals surface area (Å²) < 4.78 is 33.2. The van der Waals surface area contributed by atoms with Gasteiger partial charge in [-0.3, -0.25) is 0 Å². The number of nitrogens with zero attached hydrogens (tertiary/aromatic N) is 2. The lowest BCUT2D eigenvalue weighted by molar-refractivity contribution is 0.0667. The molecule has 1 heterocycles. The van der Waals surface area contributed by atoms with Crippen LogP contribution < -0.4 is 4.72 Å². The standard InChI is InChI=1S/C16H25N3O3S/c1-13-5-7-14(8-6-13)23(20,21)18-15(17-16(2,3)4)19-9-11-22-12-10-19/h5-8H,9-12H2,1-4H3,(H,17,18). The van der Waals surface area contributed by atoms with E-state index in [0.717, 1.165) is 5.56 Å². The number of guanidine groups is 1. The van der Waals surface area contributed by atoms with Crippen LogP contribution in [0, 0.1) is 6.92 Å². The maximum atomic E-state index is 12.6. The third-order valence-corrected chi connectivity index (χ3v) is 4.65. The first kappa shape index (κ1) is 17.7. The number of aliphatic imine (C=N–C) groups is 1. The van der Waals surface area contributed by atoms with Gasteiger partial charge in [-0.25, -0.2) is 18.1 Å². The molecule has 1 N–H and O–H groups in total. The van der Waals surface area contributed by atoms with Crippen LogP contribution in [0.5, 0.6) is 0 Å². The lowest BCUT2D eigenvalue weighted by Gasteiger charge is -2.31. The molecule has 0 bridgehead atoms. The highest BCUT2D eigenvalue weighted by atomic mass is 32.2. The quantitative estimate of drug-likeness (QED) is 0.658. The van der Waals surface area contributed by atoms with Gasteiger partial charge in [0, 0.05) is 13.1 Å². The zero-order chi connectivity index (χ0) is 17.1. The molecule has 0 spiro atoms. The van der Waals surface area contributed by atoms with Crippen LogP contribution in [0.1, 0.15) is 26.3 Å². The summed E-state index contributed by atoms with van der Waals surface area (Å²) in [7, 11) is -3.66. The van der Waals surface area contributed by atoms with Crippen molar-refractivity contribution >= 4 is 16.0 Å². The number of hydrogen-bond acceptors (Lipinski definition) is 4. The lowest BCUT2D eigenvalue weighted by atomic mass is 10.1. The maximum Gasteiger partial charge on any atom is 0.264 e. The Morgan fingerprint density at radius 3 is 2.26 bits per heavy atom. The van der Waals surface area contributed by atoms with Gasteiger partial charge in [0.1, 0.15) is 0 Å². The first-order valence-corrected chi connectivity index (χ1v) is 9.18. The van der Waals surface area contributed by atoms with Gasteiger partial charge < -0.3 is 9.64 Å². The Hall–Kier alpha value is -1.60. The Labute approximate surface area is 138 Å². The van der Waals surface area contributed by atoms with Crippen molar-refractivity contribution in [1.82, 2.24) is 9.62 Å². The molecule has 0 atom stereocenters. The minimum Gasteiger partial charge on any atom is -0.378 e. The molecule has 1 aliphatic rings. The molecule has 1 saturated heterocycles. The Morgan fingerprint density at radius 1 is 1.17 bits per heavy atom. The normalized spacial score (nSPS) is 17.2. The zero-order valence-corrected chi connectivity index (χ0v) is 15.0. The maximum absolute atomic E-state index is 12.6. The van der Waals surface area contributed by atoms with Crippen molar-refractivity contribution in [2.75, 3.05) is 26.3 Å². The zero-order valence-electron chi connectivity index (χ0n) is 14.2. The van der Waals surface area contributed by atoms with Crippen molar-refractivity contribution in [2.45, 2.75) is 38.1 Å². The van der Waals surface area contributed by atoms with E-state index in [1.165, 1.54) is 0 Å². The number of aryl methyl sites for hydroxylation is 1. The summed E-state index contributed by atoms with van der Waals surface area (Å²) in [6.45, 7) is 10.1. The van der Waals surface area contributed by atoms with Crippen LogP contribution in [0.3, 0.4) is 0 Å². The molecule has 0 radical (unpaired) electrons. The number of sulfonamides is 1. The Balaban J connectivity index is 2.29. The van der Waals surface area contributed by atoms with Gasteiger partial charge >= 0.3 is 0 Å². The van der Waals surface area contributed by atoms with Crippen LogP contribution in [-0.2, 0) is 14.8 Å². The molecular formula is C16H25N3O3S. The minimum absolute atomic E-state index is 0.234. The molecule has 1 aliphatic heterocycles. The third kappa shape index (κ3) is 5.21. The third-order valence-electron chi connectivity index (χ3n) is 3.31. The number of morpholine rings is 1. The second kappa shape index (κ2) is 6.88. The van der Waals surface area contributed by atoms with E-state index in [4.69, 9.17) is 4.74 Å². The molecule has 0 aromatic heterocycles. The molecule has 128 valence electrons. The van der Waals surface area contributed by atoms with Crippen molar-refractivity contribution < 1.29 is 13.2 Å². The van der Waals surface area contributed by atoms with Gasteiger partial charge in [-0.1, -0.05) is 17.7 Å². The molecule has 1 aromatic carbocycles. The molecule has 23 heavy (non-hydrogen) atoms. The van der Waals surface area contributed by atoms with E-state index in [2.05, 4.69) is 9.71 Å². The first-order valence-electron chi connectivity index (χ1n) is 7.69. The molecule has 6 nitrogen and oxygen atoms in total. The molecule has 1 aromatic rings. The highest BCUT2D eigenvalue weighted by Gasteiger charge is 2.24. The van der Waals surface area contributed by atoms with Gasteiger partial charge in [-0.2, -0.15) is 0 Å². The fourth-order valence-corrected chi connectivity index (χ4v) is 3.17. The molecular weight excluding hydrogens is 314 g/mol. The molecule has 0 unspecified atom stereocenters. The lowest BCUT2D eigenvalue weighted by Crippen LogP contribution is -2.49. The van der Waals surface area contributed by atoms with Gasteiger partial charge in [-0.05, 0) is 39.8 Å². The van der Waals surface area contributed by atoms with E-state index in [0.29, 0.717) is 32.3 Å². The number of rotatable bonds is 2. The average Bonchev–Trinajstić information content (AvgIpc) is 2.46. The summed E-state index contributed by atoms with van der Waals surface area (Å²) in [5.74, 6) is 0.376. The fraction of sp³-hybridized carbons (Fsp3) is 0.562. The average molecular weight is 339 g/mol. The highest BCUT2D eigenvalue weighted by Crippen LogP contribution is 2.13. The van der Waals surface area contributed by atoms with E-state index in [9.17, 15) is 8.42 Å². The van der Waals surface area contributed by atoms with Crippen molar-refractivity contribution in [1.29, 1.82) is 0 Å². The molecule has 0 saturated carbocycles. The largest absolute Gasteiger partial charge is 0.378 e. The van der Waals surface area contributed by atoms with Crippen LogP contribution in [0.15, 0.2) is 34.2 Å². The summed E-state index contributed by atoms with van der Waals surface area (Å²) in [6.07, 6.45) is 0. The van der Waals surface area contributed by atoms with E-state index in [1.54, 1.807) is 24.3 Å². The van der Waals surface area contributed by atoms with Gasteiger partial charge in [0.15, 0.2) is 0 Å². The Morgan fingerprint density at radius 2 is 1.74 bits per heavy atom. The molecule has 0 aliphatic carbocycles. The highest BCUT2D eigenvalue weighted by molar-refractivity contribution is 7.90. The number of benzene rings is 1. The van der Waals surface area contributed by atoms with Gasteiger partial charge in [0.2, 0.25) is 5.96 Å². The summed E-state index contributed by atoms with van der Waals surface area (Å²) >= 11 is 0. The number of nitrogens with one attached hydrogen (secondary N) is 1. The smallest absolute Gasteiger partial charge is 0.264 e. The van der Waals surface area contributed by atoms with Crippen LogP contribution in [-0.4, -0.2) is 51.1 Å². The van der Waals surface area contributed by atoms with Crippen LogP contribution in [0.4, 0.5) is 0 Å². The molecule has 2 rings (SSSR count). The van der Waals surface area contributed by atoms with E-state index in [-0.39, 0.29) is 10.4 Å². The number of hydrogen-bond donors (Lipinski definition) is 1. The van der Waals surface area contributed by atoms with E-state index < -0.39 is 10.0 Å². The van der Waals surface area contributed by atoms with Crippen molar-refractivity contribution in [3.05, 3.63) is 29.8 Å². The second-order valence-corrected chi connectivity index (χ2v) is 8.31. The molecule has 0 amide bonds. The van der Waals surface area contributed by atoms with E-state index in [1.807, 2.05) is 32.6 Å². The predicted octanol–water partition coefficient (Wildman–Crippen LogP) is 1.76. The number of ether oxygens (including phenoxy) is 1. The summed E-state index contributed by atoms with van der Waals surface area (Å²) in [5.41, 5.74) is 0.629. The summed E-state index contributed by atoms with van der Waals surface area (Å²) in [5, 5.41) is 0. The summed E-state index contributed by atoms with van der Waals surface area (Å²) in [6, 6.07) is 6.77. The fourth-order valence-electron chi connectivity index (χ4n) is 2.15. The summed E-state index contributed by atoms with van der Waals surface area (Å²) in [4.78, 5) is 6.71. The van der Waals surface area contributed by atoms with Crippen molar-refractivity contribution in [3.8, 4) is 0 Å². The second-order valence-electron chi connectivity index (χ2n) is 6.62. The Kier molecular flexibility index (Phi) is 5.31. The van der Waals surface area contributed by atoms with Gasteiger partial charge in [0.05, 0.1) is 23.6 Å². The predicted molar refractivity (Wildman–Crippen MR) is 91.1 cm³/mol. The van der Waals surface area contributed by atoms with Crippen molar-refractivity contribution in [3.63, 3.8) is 0 Å².